The van der Waals surface area contributed by atoms with Crippen molar-refractivity contribution in [1.29, 1.82) is 0 Å². The summed E-state index contributed by atoms with van der Waals surface area (Å²) in [5.41, 5.74) is 1.03. The molecule has 1 aromatic carbocycles. The molecule has 0 spiro atoms. The molecule has 1 aliphatic heterocycles. The van der Waals surface area contributed by atoms with Gasteiger partial charge in [0.25, 0.3) is 11.8 Å². The van der Waals surface area contributed by atoms with E-state index < -0.39 is 0 Å². The van der Waals surface area contributed by atoms with Crippen LogP contribution in [-0.2, 0) is 0 Å². The smallest absolute Gasteiger partial charge is 0.261 e. The van der Waals surface area contributed by atoms with Gasteiger partial charge in [-0.1, -0.05) is 12.1 Å². The summed E-state index contributed by atoms with van der Waals surface area (Å²) in [6.45, 7) is 4.03. The summed E-state index contributed by atoms with van der Waals surface area (Å²) in [6, 6.07) is 7.58. The molecule has 0 atom stereocenters. The predicted molar refractivity (Wildman–Crippen MR) is 93.2 cm³/mol. The molecule has 2 aliphatic rings. The van der Waals surface area contributed by atoms with E-state index in [2.05, 4.69) is 15.6 Å². The monoisotopic (exact) mass is 328 g/mol. The molecule has 0 radical (unpaired) electrons. The number of benzene rings is 1. The lowest BCUT2D eigenvalue weighted by Gasteiger charge is -2.13. The van der Waals surface area contributed by atoms with Gasteiger partial charge in [-0.25, -0.2) is 0 Å². The second kappa shape index (κ2) is 7.47. The minimum atomic E-state index is -0.178. The van der Waals surface area contributed by atoms with E-state index in [1.807, 2.05) is 6.92 Å². The van der Waals surface area contributed by atoms with Crippen LogP contribution >= 0.6 is 0 Å². The Kier molecular flexibility index (Phi) is 5.13. The van der Waals surface area contributed by atoms with Crippen LogP contribution < -0.4 is 10.6 Å². The summed E-state index contributed by atoms with van der Waals surface area (Å²) >= 11 is 0. The molecule has 0 unspecified atom stereocenters. The molecule has 0 aromatic heterocycles. The molecule has 6 nitrogen and oxygen atoms in total. The third-order valence-electron chi connectivity index (χ3n) is 4.20. The fourth-order valence-electron chi connectivity index (χ4n) is 2.76. The Balaban J connectivity index is 1.45. The van der Waals surface area contributed by atoms with Crippen molar-refractivity contribution in [2.45, 2.75) is 38.6 Å². The molecule has 2 amide bonds. The van der Waals surface area contributed by atoms with Crippen LogP contribution in [0.2, 0.25) is 0 Å². The second-order valence-electron chi connectivity index (χ2n) is 6.19. The van der Waals surface area contributed by atoms with E-state index in [4.69, 9.17) is 0 Å². The minimum absolute atomic E-state index is 0.178. The van der Waals surface area contributed by atoms with Gasteiger partial charge >= 0.3 is 0 Å². The number of nitrogens with one attached hydrogen (secondary N) is 2. The lowest BCUT2D eigenvalue weighted by atomic mass is 10.1. The summed E-state index contributed by atoms with van der Waals surface area (Å²) < 4.78 is 0. The number of carbonyl (C=O) groups is 2. The number of aliphatic imine (C=N–C) groups is 1. The average Bonchev–Trinajstić information content (AvgIpc) is 3.37. The number of unbranched alkanes of at least 4 members (excludes halogenated alkanes) is 1. The number of fused-ring (bicyclic) bond motifs is 1. The van der Waals surface area contributed by atoms with E-state index in [1.54, 1.807) is 24.3 Å². The van der Waals surface area contributed by atoms with E-state index in [1.165, 1.54) is 17.7 Å². The fourth-order valence-corrected chi connectivity index (χ4v) is 2.76. The molecule has 6 heteroatoms. The number of rotatable bonds is 7. The maximum absolute atomic E-state index is 12.3. The standard InChI is InChI=1S/C18H24N4O2/c1-2-19-18(21-13-9-10-13)20-11-5-6-12-22-16(23)14-7-3-4-8-15(14)17(22)24/h3-4,7-8,13H,2,5-6,9-12H2,1H3,(H2,19,20,21). The molecule has 3 rings (SSSR count). The van der Waals surface area contributed by atoms with E-state index in [0.717, 1.165) is 25.3 Å². The number of hydrogen-bond acceptors (Lipinski definition) is 3. The van der Waals surface area contributed by atoms with E-state index in [9.17, 15) is 9.59 Å². The summed E-state index contributed by atoms with van der Waals surface area (Å²) in [4.78, 5) is 30.4. The highest BCUT2D eigenvalue weighted by Gasteiger charge is 2.34. The van der Waals surface area contributed by atoms with Crippen molar-refractivity contribution in [3.63, 3.8) is 0 Å². The van der Waals surface area contributed by atoms with Crippen LogP contribution in [0, 0.1) is 0 Å². The van der Waals surface area contributed by atoms with Crippen LogP contribution in [-0.4, -0.2) is 48.3 Å². The second-order valence-corrected chi connectivity index (χ2v) is 6.19. The molecule has 0 bridgehead atoms. The zero-order valence-electron chi connectivity index (χ0n) is 14.0. The Labute approximate surface area is 142 Å². The van der Waals surface area contributed by atoms with E-state index in [-0.39, 0.29) is 11.8 Å². The molecule has 24 heavy (non-hydrogen) atoms. The van der Waals surface area contributed by atoms with Crippen LogP contribution in [0.1, 0.15) is 53.3 Å². The Hall–Kier alpha value is -2.37. The van der Waals surface area contributed by atoms with Gasteiger partial charge in [0.15, 0.2) is 5.96 Å². The van der Waals surface area contributed by atoms with Gasteiger partial charge in [0, 0.05) is 25.7 Å². The number of hydrogen-bond donors (Lipinski definition) is 2. The van der Waals surface area contributed by atoms with Crippen molar-refractivity contribution in [2.75, 3.05) is 19.6 Å². The van der Waals surface area contributed by atoms with Gasteiger partial charge in [-0.15, -0.1) is 0 Å². The van der Waals surface area contributed by atoms with Gasteiger partial charge < -0.3 is 10.6 Å². The van der Waals surface area contributed by atoms with E-state index in [0.29, 0.717) is 30.3 Å². The number of carbonyl (C=O) groups excluding carboxylic acids is 2. The number of amides is 2. The highest BCUT2D eigenvalue weighted by atomic mass is 16.2. The molecule has 1 heterocycles. The molecule has 128 valence electrons. The first-order chi connectivity index (χ1) is 11.7. The first-order valence-electron chi connectivity index (χ1n) is 8.70. The molecule has 2 N–H and O–H groups in total. The van der Waals surface area contributed by atoms with Crippen LogP contribution in [0.4, 0.5) is 0 Å². The predicted octanol–water partition coefficient (Wildman–Crippen LogP) is 1.78. The third kappa shape index (κ3) is 3.75. The number of imide groups is 1. The lowest BCUT2D eigenvalue weighted by Crippen LogP contribution is -2.38. The van der Waals surface area contributed by atoms with Crippen molar-refractivity contribution in [2.24, 2.45) is 4.99 Å². The Morgan fingerprint density at radius 2 is 1.83 bits per heavy atom. The summed E-state index contributed by atoms with van der Waals surface area (Å²) in [7, 11) is 0. The van der Waals surface area contributed by atoms with Crippen LogP contribution in [0.3, 0.4) is 0 Å². The normalized spacial score (nSPS) is 17.2. The molecular weight excluding hydrogens is 304 g/mol. The highest BCUT2D eigenvalue weighted by Crippen LogP contribution is 2.22. The SMILES string of the molecule is CCNC(=NCCCCN1C(=O)c2ccccc2C1=O)NC1CC1. The van der Waals surface area contributed by atoms with Gasteiger partial charge in [0.1, 0.15) is 0 Å². The maximum Gasteiger partial charge on any atom is 0.261 e. The topological polar surface area (TPSA) is 73.8 Å². The molecule has 1 aliphatic carbocycles. The third-order valence-corrected chi connectivity index (χ3v) is 4.20. The molecule has 0 saturated heterocycles. The zero-order chi connectivity index (χ0) is 16.9. The molecule has 1 fully saturated rings. The number of nitrogens with zero attached hydrogens (tertiary/aromatic N) is 2. The molecule has 1 saturated carbocycles. The summed E-state index contributed by atoms with van der Waals surface area (Å²) in [5.74, 6) is 0.506. The van der Waals surface area contributed by atoms with Crippen molar-refractivity contribution in [3.8, 4) is 0 Å². The molecular formula is C18H24N4O2. The van der Waals surface area contributed by atoms with Crippen LogP contribution in [0.5, 0.6) is 0 Å². The van der Waals surface area contributed by atoms with Gasteiger partial charge in [-0.3, -0.25) is 19.5 Å². The first kappa shape index (κ1) is 16.5. The Bertz CT molecular complexity index is 617. The summed E-state index contributed by atoms with van der Waals surface area (Å²) in [6.07, 6.45) is 4.03. The van der Waals surface area contributed by atoms with Crippen molar-refractivity contribution in [1.82, 2.24) is 15.5 Å². The largest absolute Gasteiger partial charge is 0.357 e. The van der Waals surface area contributed by atoms with Crippen LogP contribution in [0.15, 0.2) is 29.3 Å². The van der Waals surface area contributed by atoms with E-state index >= 15 is 0 Å². The molecule has 1 aromatic rings. The summed E-state index contributed by atoms with van der Waals surface area (Å²) in [5, 5.41) is 6.60. The van der Waals surface area contributed by atoms with Crippen molar-refractivity contribution in [3.05, 3.63) is 35.4 Å². The van der Waals surface area contributed by atoms with Gasteiger partial charge in [-0.2, -0.15) is 0 Å². The lowest BCUT2D eigenvalue weighted by molar-refractivity contribution is 0.0652. The van der Waals surface area contributed by atoms with Gasteiger partial charge in [0.2, 0.25) is 0 Å². The quantitative estimate of drug-likeness (QED) is 0.346. The average molecular weight is 328 g/mol. The Morgan fingerprint density at radius 3 is 2.42 bits per heavy atom. The van der Waals surface area contributed by atoms with Crippen molar-refractivity contribution < 1.29 is 9.59 Å². The maximum atomic E-state index is 12.3. The first-order valence-corrected chi connectivity index (χ1v) is 8.70. The van der Waals surface area contributed by atoms with Crippen LogP contribution in [0.25, 0.3) is 0 Å². The minimum Gasteiger partial charge on any atom is -0.357 e. The zero-order valence-corrected chi connectivity index (χ0v) is 14.0. The van der Waals surface area contributed by atoms with Crippen molar-refractivity contribution >= 4 is 17.8 Å². The highest BCUT2D eigenvalue weighted by molar-refractivity contribution is 6.21. The fraction of sp³-hybridized carbons (Fsp3) is 0.500. The number of guanidine groups is 1. The Morgan fingerprint density at radius 1 is 1.17 bits per heavy atom. The van der Waals surface area contributed by atoms with Gasteiger partial charge in [-0.05, 0) is 44.7 Å². The van der Waals surface area contributed by atoms with Gasteiger partial charge in [0.05, 0.1) is 11.1 Å².